The van der Waals surface area contributed by atoms with Crippen LogP contribution in [0.15, 0.2) is 11.6 Å². The van der Waals surface area contributed by atoms with E-state index >= 15 is 0 Å². The van der Waals surface area contributed by atoms with E-state index in [0.717, 1.165) is 25.7 Å². The highest BCUT2D eigenvalue weighted by atomic mass is 32.2. The van der Waals surface area contributed by atoms with Gasteiger partial charge in [-0.25, -0.2) is 0 Å². The van der Waals surface area contributed by atoms with Gasteiger partial charge in [0.25, 0.3) is 0 Å². The second kappa shape index (κ2) is 3.99. The molecule has 3 nitrogen and oxygen atoms in total. The van der Waals surface area contributed by atoms with Crippen molar-refractivity contribution in [1.82, 2.24) is 5.32 Å². The maximum atomic E-state index is 11.7. The minimum absolute atomic E-state index is 0.00424. The lowest BCUT2D eigenvalue weighted by atomic mass is 9.63. The summed E-state index contributed by atoms with van der Waals surface area (Å²) in [5.41, 5.74) is -0.461. The fraction of sp³-hybridized carbons (Fsp3) is 0.750. The average Bonchev–Trinajstić information content (AvgIpc) is 2.68. The standard InChI is InChI=1S/C12H19NO2S/c1-11(2)4-3-5-12(8-11,10(14)15)9-13-6-7-16-9/h6-7,9,13H,3-5,8H2,1-2H3,(H,14,15). The van der Waals surface area contributed by atoms with Crippen molar-refractivity contribution in [1.29, 1.82) is 0 Å². The molecule has 2 rings (SSSR count). The maximum Gasteiger partial charge on any atom is 0.312 e. The van der Waals surface area contributed by atoms with Gasteiger partial charge in [-0.1, -0.05) is 20.3 Å². The van der Waals surface area contributed by atoms with Gasteiger partial charge in [0.15, 0.2) is 0 Å². The summed E-state index contributed by atoms with van der Waals surface area (Å²) in [5.74, 6) is -0.644. The summed E-state index contributed by atoms with van der Waals surface area (Å²) in [6.45, 7) is 4.35. The van der Waals surface area contributed by atoms with Crippen molar-refractivity contribution in [2.24, 2.45) is 10.8 Å². The minimum Gasteiger partial charge on any atom is -0.481 e. The summed E-state index contributed by atoms with van der Waals surface area (Å²) < 4.78 is 0. The van der Waals surface area contributed by atoms with E-state index in [9.17, 15) is 9.90 Å². The number of nitrogens with one attached hydrogen (secondary N) is 1. The molecule has 1 heterocycles. The topological polar surface area (TPSA) is 49.3 Å². The number of carboxylic acids is 1. The van der Waals surface area contributed by atoms with Crippen LogP contribution in [0.2, 0.25) is 0 Å². The van der Waals surface area contributed by atoms with Crippen molar-refractivity contribution in [3.05, 3.63) is 11.6 Å². The molecule has 1 aliphatic carbocycles. The highest BCUT2D eigenvalue weighted by molar-refractivity contribution is 8.03. The zero-order valence-electron chi connectivity index (χ0n) is 9.82. The number of thioether (sulfide) groups is 1. The molecule has 90 valence electrons. The molecule has 0 bridgehead atoms. The van der Waals surface area contributed by atoms with Crippen LogP contribution in [0.4, 0.5) is 0 Å². The molecule has 2 aliphatic rings. The van der Waals surface area contributed by atoms with Gasteiger partial charge >= 0.3 is 5.97 Å². The molecule has 0 saturated heterocycles. The fourth-order valence-corrected chi connectivity index (χ4v) is 4.04. The molecule has 2 N–H and O–H groups in total. The van der Waals surface area contributed by atoms with Gasteiger partial charge in [-0.3, -0.25) is 4.79 Å². The molecule has 0 aromatic carbocycles. The monoisotopic (exact) mass is 241 g/mol. The number of carboxylic acid groups (broad SMARTS) is 1. The number of carbonyl (C=O) groups is 1. The molecule has 2 unspecified atom stereocenters. The Morgan fingerprint density at radius 2 is 2.25 bits per heavy atom. The summed E-state index contributed by atoms with van der Waals surface area (Å²) in [5, 5.41) is 14.7. The Kier molecular flexibility index (Phi) is 2.95. The second-order valence-electron chi connectivity index (χ2n) is 5.64. The van der Waals surface area contributed by atoms with Crippen molar-refractivity contribution in [2.45, 2.75) is 44.9 Å². The first-order valence-electron chi connectivity index (χ1n) is 5.76. The Bertz CT molecular complexity index is 319. The second-order valence-corrected chi connectivity index (χ2v) is 6.66. The SMILES string of the molecule is CC1(C)CCCC(C(=O)O)(C2NC=CS2)C1. The van der Waals surface area contributed by atoms with Crippen LogP contribution in [0.5, 0.6) is 0 Å². The van der Waals surface area contributed by atoms with Gasteiger partial charge in [0, 0.05) is 6.20 Å². The summed E-state index contributed by atoms with van der Waals surface area (Å²) in [6.07, 6.45) is 5.56. The Hall–Kier alpha value is -0.640. The van der Waals surface area contributed by atoms with Gasteiger partial charge in [-0.15, -0.1) is 11.8 Å². The fourth-order valence-electron chi connectivity index (χ4n) is 3.01. The quantitative estimate of drug-likeness (QED) is 0.780. The van der Waals surface area contributed by atoms with Crippen molar-refractivity contribution < 1.29 is 9.90 Å². The third-order valence-corrected chi connectivity index (χ3v) is 4.88. The van der Waals surface area contributed by atoms with Gasteiger partial charge in [-0.05, 0) is 30.1 Å². The van der Waals surface area contributed by atoms with E-state index in [1.165, 1.54) is 0 Å². The van der Waals surface area contributed by atoms with Crippen LogP contribution < -0.4 is 5.32 Å². The maximum absolute atomic E-state index is 11.7. The molecular weight excluding hydrogens is 222 g/mol. The van der Waals surface area contributed by atoms with Gasteiger partial charge in [0.2, 0.25) is 0 Å². The lowest BCUT2D eigenvalue weighted by Gasteiger charge is -2.45. The van der Waals surface area contributed by atoms with E-state index in [-0.39, 0.29) is 10.8 Å². The number of rotatable bonds is 2. The molecule has 4 heteroatoms. The normalized spacial score (nSPS) is 37.0. The highest BCUT2D eigenvalue weighted by Gasteiger charge is 2.51. The van der Waals surface area contributed by atoms with Gasteiger partial charge in [-0.2, -0.15) is 0 Å². The van der Waals surface area contributed by atoms with Crippen molar-refractivity contribution in [3.63, 3.8) is 0 Å². The number of hydrogen-bond acceptors (Lipinski definition) is 3. The molecule has 1 fully saturated rings. The molecule has 0 aromatic rings. The van der Waals surface area contributed by atoms with E-state index in [0.29, 0.717) is 0 Å². The first-order valence-corrected chi connectivity index (χ1v) is 6.71. The zero-order chi connectivity index (χ0) is 11.8. The Morgan fingerprint density at radius 3 is 2.75 bits per heavy atom. The predicted octanol–water partition coefficient (Wildman–Crippen LogP) is 2.79. The third-order valence-electron chi connectivity index (χ3n) is 3.73. The molecule has 1 aliphatic heterocycles. The van der Waals surface area contributed by atoms with Crippen LogP contribution in [0.1, 0.15) is 39.5 Å². The lowest BCUT2D eigenvalue weighted by molar-refractivity contribution is -0.154. The Balaban J connectivity index is 2.24. The molecule has 0 amide bonds. The predicted molar refractivity (Wildman–Crippen MR) is 66.0 cm³/mol. The molecule has 0 spiro atoms. The van der Waals surface area contributed by atoms with Crippen LogP contribution in [-0.2, 0) is 4.79 Å². The van der Waals surface area contributed by atoms with Crippen LogP contribution in [0.25, 0.3) is 0 Å². The molecule has 0 radical (unpaired) electrons. The molecular formula is C12H19NO2S. The van der Waals surface area contributed by atoms with E-state index in [4.69, 9.17) is 0 Å². The summed E-state index contributed by atoms with van der Waals surface area (Å²) in [6, 6.07) is 0. The summed E-state index contributed by atoms with van der Waals surface area (Å²) in [7, 11) is 0. The van der Waals surface area contributed by atoms with E-state index < -0.39 is 11.4 Å². The van der Waals surface area contributed by atoms with Gasteiger partial charge < -0.3 is 10.4 Å². The smallest absolute Gasteiger partial charge is 0.312 e. The van der Waals surface area contributed by atoms with E-state index in [2.05, 4.69) is 19.2 Å². The minimum atomic E-state index is -0.644. The Labute approximate surface area is 101 Å². The number of hydrogen-bond donors (Lipinski definition) is 2. The molecule has 0 aromatic heterocycles. The summed E-state index contributed by atoms with van der Waals surface area (Å²) >= 11 is 1.60. The summed E-state index contributed by atoms with van der Waals surface area (Å²) in [4.78, 5) is 11.7. The van der Waals surface area contributed by atoms with Gasteiger partial charge in [0.05, 0.1) is 10.8 Å². The van der Waals surface area contributed by atoms with Crippen LogP contribution in [-0.4, -0.2) is 16.4 Å². The average molecular weight is 241 g/mol. The first-order chi connectivity index (χ1) is 7.46. The highest BCUT2D eigenvalue weighted by Crippen LogP contribution is 2.51. The van der Waals surface area contributed by atoms with Crippen LogP contribution in [0.3, 0.4) is 0 Å². The molecule has 1 saturated carbocycles. The van der Waals surface area contributed by atoms with Crippen molar-refractivity contribution in [2.75, 3.05) is 0 Å². The zero-order valence-corrected chi connectivity index (χ0v) is 10.6. The number of aliphatic carboxylic acids is 1. The Morgan fingerprint density at radius 1 is 1.50 bits per heavy atom. The third kappa shape index (κ3) is 1.95. The molecule has 2 atom stereocenters. The van der Waals surface area contributed by atoms with Crippen molar-refractivity contribution >= 4 is 17.7 Å². The van der Waals surface area contributed by atoms with Gasteiger partial charge in [0.1, 0.15) is 0 Å². The lowest BCUT2D eigenvalue weighted by Crippen LogP contribution is -2.50. The van der Waals surface area contributed by atoms with E-state index in [1.807, 2.05) is 11.6 Å². The first kappa shape index (κ1) is 11.8. The van der Waals surface area contributed by atoms with Crippen LogP contribution in [0, 0.1) is 10.8 Å². The largest absolute Gasteiger partial charge is 0.481 e. The van der Waals surface area contributed by atoms with Crippen LogP contribution >= 0.6 is 11.8 Å². The molecule has 16 heavy (non-hydrogen) atoms. The van der Waals surface area contributed by atoms with Crippen molar-refractivity contribution in [3.8, 4) is 0 Å². The van der Waals surface area contributed by atoms with E-state index in [1.54, 1.807) is 11.8 Å².